The molecule has 2 N–H and O–H groups in total. The average Bonchev–Trinajstić information content (AvgIpc) is 3.14. The molecule has 0 unspecified atom stereocenters. The summed E-state index contributed by atoms with van der Waals surface area (Å²) in [5.74, 6) is 2.55. The molecule has 3 rings (SSSR count). The smallest absolute Gasteiger partial charge is 0.158 e. The van der Waals surface area contributed by atoms with Crippen molar-refractivity contribution < 1.29 is 0 Å². The predicted octanol–water partition coefficient (Wildman–Crippen LogP) is 1.86. The second kappa shape index (κ2) is 4.53. The Labute approximate surface area is 107 Å². The van der Waals surface area contributed by atoms with Crippen LogP contribution in [0.25, 0.3) is 11.4 Å². The lowest BCUT2D eigenvalue weighted by Gasteiger charge is -2.03. The van der Waals surface area contributed by atoms with Crippen molar-refractivity contribution in [1.82, 2.24) is 14.8 Å². The zero-order chi connectivity index (χ0) is 12.5. The summed E-state index contributed by atoms with van der Waals surface area (Å²) in [4.78, 5) is 4.66. The second-order valence-electron chi connectivity index (χ2n) is 4.93. The van der Waals surface area contributed by atoms with Crippen LogP contribution in [0, 0.1) is 0 Å². The second-order valence-corrected chi connectivity index (χ2v) is 4.93. The molecule has 0 atom stereocenters. The highest BCUT2D eigenvalue weighted by atomic mass is 15.3. The third-order valence-electron chi connectivity index (χ3n) is 3.34. The number of nitrogens with two attached hydrogens (primary N) is 1. The first-order valence-corrected chi connectivity index (χ1v) is 6.48. The van der Waals surface area contributed by atoms with Crippen molar-refractivity contribution in [3.63, 3.8) is 0 Å². The largest absolute Gasteiger partial charge is 0.330 e. The summed E-state index contributed by atoms with van der Waals surface area (Å²) in [6.07, 6.45) is 3.37. The van der Waals surface area contributed by atoms with Gasteiger partial charge in [-0.15, -0.1) is 0 Å². The monoisotopic (exact) mass is 242 g/mol. The van der Waals surface area contributed by atoms with Crippen molar-refractivity contribution in [1.29, 1.82) is 0 Å². The van der Waals surface area contributed by atoms with Crippen LogP contribution >= 0.6 is 0 Å². The van der Waals surface area contributed by atoms with Gasteiger partial charge in [0.05, 0.1) is 0 Å². The average molecular weight is 242 g/mol. The summed E-state index contributed by atoms with van der Waals surface area (Å²) in [5.41, 5.74) is 7.98. The zero-order valence-electron chi connectivity index (χ0n) is 10.6. The van der Waals surface area contributed by atoms with E-state index in [1.807, 2.05) is 11.7 Å². The van der Waals surface area contributed by atoms with E-state index in [4.69, 9.17) is 5.73 Å². The molecule has 4 nitrogen and oxygen atoms in total. The van der Waals surface area contributed by atoms with Gasteiger partial charge in [0.1, 0.15) is 0 Å². The zero-order valence-corrected chi connectivity index (χ0v) is 10.6. The minimum absolute atomic E-state index is 0.595. The number of nitrogens with zero attached hydrogens (tertiary/aromatic N) is 3. The van der Waals surface area contributed by atoms with Crippen molar-refractivity contribution in [2.45, 2.75) is 25.2 Å². The molecule has 0 spiro atoms. The fraction of sp³-hybridized carbons (Fsp3) is 0.429. The Morgan fingerprint density at radius 2 is 2.22 bits per heavy atom. The highest BCUT2D eigenvalue weighted by Crippen LogP contribution is 2.38. The first-order chi connectivity index (χ1) is 8.78. The third kappa shape index (κ3) is 2.16. The molecular formula is C14H18N4. The number of hydrogen-bond donors (Lipinski definition) is 1. The lowest BCUT2D eigenvalue weighted by molar-refractivity contribution is 0.750. The van der Waals surface area contributed by atoms with Crippen molar-refractivity contribution in [3.8, 4) is 11.4 Å². The molecule has 1 saturated carbocycles. The predicted molar refractivity (Wildman–Crippen MR) is 71.2 cm³/mol. The van der Waals surface area contributed by atoms with Crippen LogP contribution in [0.4, 0.5) is 0 Å². The Balaban J connectivity index is 1.95. The molecule has 0 saturated heterocycles. The van der Waals surface area contributed by atoms with Gasteiger partial charge in [-0.05, 0) is 37.4 Å². The Kier molecular flexibility index (Phi) is 2.88. The van der Waals surface area contributed by atoms with Crippen LogP contribution in [0.3, 0.4) is 0 Å². The Hall–Kier alpha value is -1.68. The molecule has 1 aromatic carbocycles. The third-order valence-corrected chi connectivity index (χ3v) is 3.34. The van der Waals surface area contributed by atoms with Gasteiger partial charge in [0.15, 0.2) is 11.6 Å². The summed E-state index contributed by atoms with van der Waals surface area (Å²) in [5, 5.41) is 4.51. The number of aryl methyl sites for hydroxylation is 1. The minimum atomic E-state index is 0.595. The van der Waals surface area contributed by atoms with Gasteiger partial charge in [-0.1, -0.05) is 18.2 Å². The van der Waals surface area contributed by atoms with Gasteiger partial charge >= 0.3 is 0 Å². The van der Waals surface area contributed by atoms with E-state index in [1.165, 1.54) is 18.4 Å². The molecule has 0 bridgehead atoms. The van der Waals surface area contributed by atoms with E-state index in [0.29, 0.717) is 12.5 Å². The minimum Gasteiger partial charge on any atom is -0.330 e. The van der Waals surface area contributed by atoms with E-state index in [9.17, 15) is 0 Å². The maximum Gasteiger partial charge on any atom is 0.158 e. The quantitative estimate of drug-likeness (QED) is 0.890. The van der Waals surface area contributed by atoms with E-state index in [1.54, 1.807) is 0 Å². The highest BCUT2D eigenvalue weighted by Gasteiger charge is 2.28. The van der Waals surface area contributed by atoms with Crippen LogP contribution in [0.15, 0.2) is 24.3 Å². The molecule has 18 heavy (non-hydrogen) atoms. The molecule has 0 aliphatic heterocycles. The topological polar surface area (TPSA) is 56.7 Å². The number of aromatic nitrogens is 3. The lowest BCUT2D eigenvalue weighted by Crippen LogP contribution is -2.03. The molecular weight excluding hydrogens is 224 g/mol. The Morgan fingerprint density at radius 1 is 1.39 bits per heavy atom. The molecule has 1 aliphatic rings. The molecule has 1 fully saturated rings. The van der Waals surface area contributed by atoms with Crippen molar-refractivity contribution >= 4 is 0 Å². The van der Waals surface area contributed by atoms with Crippen molar-refractivity contribution in [3.05, 3.63) is 35.7 Å². The van der Waals surface area contributed by atoms with Crippen LogP contribution in [0.2, 0.25) is 0 Å². The molecule has 1 heterocycles. The molecule has 4 heteroatoms. The maximum absolute atomic E-state index is 5.60. The van der Waals surface area contributed by atoms with Crippen LogP contribution in [0.5, 0.6) is 0 Å². The van der Waals surface area contributed by atoms with E-state index in [2.05, 4.69) is 34.3 Å². The van der Waals surface area contributed by atoms with E-state index < -0.39 is 0 Å². The first-order valence-electron chi connectivity index (χ1n) is 6.48. The van der Waals surface area contributed by atoms with Gasteiger partial charge in [-0.25, -0.2) is 9.67 Å². The standard InChI is InChI=1S/C14H18N4/c1-18-14(16-13(17-18)11-5-6-11)12-4-2-3-10(9-12)7-8-15/h2-4,9,11H,5-8,15H2,1H3. The fourth-order valence-corrected chi connectivity index (χ4v) is 2.20. The number of hydrogen-bond acceptors (Lipinski definition) is 3. The van der Waals surface area contributed by atoms with Gasteiger partial charge in [-0.2, -0.15) is 5.10 Å². The van der Waals surface area contributed by atoms with Gasteiger partial charge in [0.2, 0.25) is 0 Å². The molecule has 94 valence electrons. The fourth-order valence-electron chi connectivity index (χ4n) is 2.20. The summed E-state index contributed by atoms with van der Waals surface area (Å²) in [6.45, 7) is 0.676. The molecule has 1 aliphatic carbocycles. The molecule has 0 amide bonds. The van der Waals surface area contributed by atoms with Crippen molar-refractivity contribution in [2.75, 3.05) is 6.54 Å². The van der Waals surface area contributed by atoms with Crippen LogP contribution in [-0.2, 0) is 13.5 Å². The summed E-state index contributed by atoms with van der Waals surface area (Å²) in [7, 11) is 1.96. The molecule has 2 aromatic rings. The molecule has 0 radical (unpaired) electrons. The van der Waals surface area contributed by atoms with Crippen LogP contribution in [0.1, 0.15) is 30.1 Å². The van der Waals surface area contributed by atoms with E-state index in [-0.39, 0.29) is 0 Å². The van der Waals surface area contributed by atoms with Crippen LogP contribution < -0.4 is 5.73 Å². The maximum atomic E-state index is 5.60. The first kappa shape index (κ1) is 11.4. The highest BCUT2D eigenvalue weighted by molar-refractivity contribution is 5.56. The van der Waals surface area contributed by atoms with Crippen LogP contribution in [-0.4, -0.2) is 21.3 Å². The van der Waals surface area contributed by atoms with Gasteiger partial charge in [-0.3, -0.25) is 0 Å². The summed E-state index contributed by atoms with van der Waals surface area (Å²) >= 11 is 0. The summed E-state index contributed by atoms with van der Waals surface area (Å²) in [6, 6.07) is 8.41. The van der Waals surface area contributed by atoms with E-state index >= 15 is 0 Å². The molecule has 1 aromatic heterocycles. The Morgan fingerprint density at radius 3 is 2.94 bits per heavy atom. The van der Waals surface area contributed by atoms with Gasteiger partial charge < -0.3 is 5.73 Å². The van der Waals surface area contributed by atoms with E-state index in [0.717, 1.165) is 23.6 Å². The number of benzene rings is 1. The van der Waals surface area contributed by atoms with Crippen molar-refractivity contribution in [2.24, 2.45) is 12.8 Å². The Bertz CT molecular complexity index is 555. The SMILES string of the molecule is Cn1nc(C2CC2)nc1-c1cccc(CCN)c1. The normalized spacial score (nSPS) is 15.0. The summed E-state index contributed by atoms with van der Waals surface area (Å²) < 4.78 is 1.88. The van der Waals surface area contributed by atoms with Gasteiger partial charge in [0.25, 0.3) is 0 Å². The lowest BCUT2D eigenvalue weighted by atomic mass is 10.1. The number of rotatable bonds is 4. The van der Waals surface area contributed by atoms with Gasteiger partial charge in [0, 0.05) is 18.5 Å².